The molecule has 0 bridgehead atoms. The van der Waals surface area contributed by atoms with E-state index in [1.54, 1.807) is 14.2 Å². The quantitative estimate of drug-likeness (QED) is 0.678. The van der Waals surface area contributed by atoms with Crippen molar-refractivity contribution in [2.45, 2.75) is 19.0 Å². The second kappa shape index (κ2) is 8.95. The maximum Gasteiger partial charge on any atom is 0.318 e. The lowest BCUT2D eigenvalue weighted by Gasteiger charge is -2.37. The van der Waals surface area contributed by atoms with Gasteiger partial charge in [-0.15, -0.1) is 0 Å². The Hall–Kier alpha value is -3.41. The molecule has 6 heteroatoms. The number of urea groups is 1. The van der Waals surface area contributed by atoms with Gasteiger partial charge in [-0.25, -0.2) is 4.79 Å². The molecule has 6 nitrogen and oxygen atoms in total. The lowest BCUT2D eigenvalue weighted by Crippen LogP contribution is -2.47. The number of hydrogen-bond acceptors (Lipinski definition) is 3. The largest absolute Gasteiger partial charge is 0.497 e. The lowest BCUT2D eigenvalue weighted by molar-refractivity contribution is 0.167. The molecule has 2 amide bonds. The van der Waals surface area contributed by atoms with Crippen LogP contribution in [-0.4, -0.2) is 42.8 Å². The SMILES string of the molecule is COc1ccc(C2c3cccn3CCN2C(=O)NCCc2ccccc2)c(OC)c1. The number of carbonyl (C=O) groups excluding carboxylic acids is 1. The third-order valence-corrected chi connectivity index (χ3v) is 5.57. The molecule has 30 heavy (non-hydrogen) atoms. The molecule has 1 unspecified atom stereocenters. The molecule has 0 saturated carbocycles. The Kier molecular flexibility index (Phi) is 5.93. The maximum absolute atomic E-state index is 13.2. The van der Waals surface area contributed by atoms with Crippen molar-refractivity contribution in [3.05, 3.63) is 83.7 Å². The van der Waals surface area contributed by atoms with Crippen molar-refractivity contribution in [3.63, 3.8) is 0 Å². The standard InChI is InChI=1S/C24H27N3O3/c1-29-19-10-11-20(22(17-19)30-2)23-21-9-6-14-26(21)15-16-27(23)24(28)25-13-12-18-7-4-3-5-8-18/h3-11,14,17,23H,12-13,15-16H2,1-2H3,(H,25,28). The summed E-state index contributed by atoms with van der Waals surface area (Å²) in [5.74, 6) is 1.43. The number of nitrogens with one attached hydrogen (secondary N) is 1. The summed E-state index contributed by atoms with van der Waals surface area (Å²) in [6.07, 6.45) is 2.86. The number of amides is 2. The summed E-state index contributed by atoms with van der Waals surface area (Å²) in [6, 6.07) is 19.7. The van der Waals surface area contributed by atoms with E-state index >= 15 is 0 Å². The van der Waals surface area contributed by atoms with Gasteiger partial charge in [0, 0.05) is 43.2 Å². The van der Waals surface area contributed by atoms with Crippen LogP contribution in [0, 0.1) is 0 Å². The van der Waals surface area contributed by atoms with Gasteiger partial charge in [-0.05, 0) is 36.2 Å². The molecule has 3 aromatic rings. The van der Waals surface area contributed by atoms with E-state index in [1.807, 2.05) is 47.4 Å². The first-order valence-corrected chi connectivity index (χ1v) is 10.2. The molecule has 156 valence electrons. The van der Waals surface area contributed by atoms with Crippen molar-refractivity contribution in [2.24, 2.45) is 0 Å². The number of fused-ring (bicyclic) bond motifs is 1. The van der Waals surface area contributed by atoms with Crippen molar-refractivity contribution < 1.29 is 14.3 Å². The van der Waals surface area contributed by atoms with E-state index < -0.39 is 0 Å². The molecule has 0 fully saturated rings. The Labute approximate surface area is 177 Å². The van der Waals surface area contributed by atoms with Gasteiger partial charge in [0.15, 0.2) is 0 Å². The highest BCUT2D eigenvalue weighted by atomic mass is 16.5. The fraction of sp³-hybridized carbons (Fsp3) is 0.292. The molecule has 2 heterocycles. The van der Waals surface area contributed by atoms with Gasteiger partial charge in [0.1, 0.15) is 17.5 Å². The molecule has 0 saturated heterocycles. The second-order valence-electron chi connectivity index (χ2n) is 7.30. The van der Waals surface area contributed by atoms with Gasteiger partial charge in [0.05, 0.1) is 14.2 Å². The first kappa shape index (κ1) is 19.9. The molecule has 4 rings (SSSR count). The molecule has 1 aliphatic rings. The zero-order valence-corrected chi connectivity index (χ0v) is 17.4. The van der Waals surface area contributed by atoms with Crippen molar-refractivity contribution >= 4 is 6.03 Å². The summed E-state index contributed by atoms with van der Waals surface area (Å²) in [7, 11) is 3.27. The zero-order chi connectivity index (χ0) is 20.9. The van der Waals surface area contributed by atoms with E-state index in [1.165, 1.54) is 5.56 Å². The fourth-order valence-corrected chi connectivity index (χ4v) is 4.03. The molecule has 1 atom stereocenters. The monoisotopic (exact) mass is 405 g/mol. The molecule has 1 aromatic heterocycles. The third-order valence-electron chi connectivity index (χ3n) is 5.57. The molecule has 0 aliphatic carbocycles. The number of methoxy groups -OCH3 is 2. The number of hydrogen-bond donors (Lipinski definition) is 1. The average molecular weight is 405 g/mol. The summed E-state index contributed by atoms with van der Waals surface area (Å²) in [5.41, 5.74) is 3.22. The Bertz CT molecular complexity index is 1000. The molecular formula is C24H27N3O3. The van der Waals surface area contributed by atoms with Gasteiger partial charge in [-0.2, -0.15) is 0 Å². The summed E-state index contributed by atoms with van der Waals surface area (Å²) in [4.78, 5) is 15.1. The summed E-state index contributed by atoms with van der Waals surface area (Å²) < 4.78 is 13.2. The van der Waals surface area contributed by atoms with E-state index in [-0.39, 0.29) is 12.1 Å². The fourth-order valence-electron chi connectivity index (χ4n) is 4.03. The highest BCUT2D eigenvalue weighted by Crippen LogP contribution is 2.38. The van der Waals surface area contributed by atoms with E-state index in [0.717, 1.165) is 30.0 Å². The van der Waals surface area contributed by atoms with Crippen LogP contribution in [0.3, 0.4) is 0 Å². The lowest BCUT2D eigenvalue weighted by atomic mass is 9.99. The number of carbonyl (C=O) groups is 1. The van der Waals surface area contributed by atoms with Crippen LogP contribution in [-0.2, 0) is 13.0 Å². The Balaban J connectivity index is 1.58. The minimum Gasteiger partial charge on any atom is -0.497 e. The van der Waals surface area contributed by atoms with Gasteiger partial charge in [-0.3, -0.25) is 0 Å². The predicted octanol–water partition coefficient (Wildman–Crippen LogP) is 3.86. The first-order chi connectivity index (χ1) is 14.7. The van der Waals surface area contributed by atoms with Crippen LogP contribution in [0.1, 0.15) is 22.9 Å². The molecule has 1 N–H and O–H groups in total. The second-order valence-corrected chi connectivity index (χ2v) is 7.30. The van der Waals surface area contributed by atoms with E-state index in [0.29, 0.717) is 18.8 Å². The molecule has 2 aromatic carbocycles. The molecule has 0 radical (unpaired) electrons. The molecule has 1 aliphatic heterocycles. The van der Waals surface area contributed by atoms with Crippen LogP contribution in [0.25, 0.3) is 0 Å². The highest BCUT2D eigenvalue weighted by molar-refractivity contribution is 5.75. The van der Waals surface area contributed by atoms with Crippen LogP contribution in [0.2, 0.25) is 0 Å². The predicted molar refractivity (Wildman–Crippen MR) is 116 cm³/mol. The van der Waals surface area contributed by atoms with Crippen molar-refractivity contribution in [1.82, 2.24) is 14.8 Å². The Morgan fingerprint density at radius 2 is 1.87 bits per heavy atom. The summed E-state index contributed by atoms with van der Waals surface area (Å²) >= 11 is 0. The van der Waals surface area contributed by atoms with Gasteiger partial charge in [0.2, 0.25) is 0 Å². The van der Waals surface area contributed by atoms with E-state index in [2.05, 4.69) is 34.3 Å². The van der Waals surface area contributed by atoms with Crippen molar-refractivity contribution in [2.75, 3.05) is 27.3 Å². The molecule has 0 spiro atoms. The highest BCUT2D eigenvalue weighted by Gasteiger charge is 2.34. The third kappa shape index (κ3) is 3.99. The van der Waals surface area contributed by atoms with Crippen LogP contribution in [0.4, 0.5) is 4.79 Å². The number of ether oxygens (including phenoxy) is 2. The Morgan fingerprint density at radius 3 is 2.63 bits per heavy atom. The zero-order valence-electron chi connectivity index (χ0n) is 17.4. The van der Waals surface area contributed by atoms with Crippen molar-refractivity contribution in [1.29, 1.82) is 0 Å². The average Bonchev–Trinajstić information content (AvgIpc) is 3.27. The minimum absolute atomic E-state index is 0.0683. The smallest absolute Gasteiger partial charge is 0.318 e. The normalized spacial score (nSPS) is 15.4. The van der Waals surface area contributed by atoms with Crippen LogP contribution >= 0.6 is 0 Å². The summed E-state index contributed by atoms with van der Waals surface area (Å²) in [5, 5.41) is 3.10. The Morgan fingerprint density at radius 1 is 1.03 bits per heavy atom. The van der Waals surface area contributed by atoms with Crippen LogP contribution in [0.15, 0.2) is 66.9 Å². The van der Waals surface area contributed by atoms with Gasteiger partial charge in [-0.1, -0.05) is 30.3 Å². The van der Waals surface area contributed by atoms with Crippen LogP contribution in [0.5, 0.6) is 11.5 Å². The topological polar surface area (TPSA) is 55.7 Å². The number of benzene rings is 2. The van der Waals surface area contributed by atoms with Crippen molar-refractivity contribution in [3.8, 4) is 11.5 Å². The van der Waals surface area contributed by atoms with E-state index in [9.17, 15) is 4.79 Å². The van der Waals surface area contributed by atoms with Gasteiger partial charge >= 0.3 is 6.03 Å². The van der Waals surface area contributed by atoms with Gasteiger partial charge in [0.25, 0.3) is 0 Å². The molecular weight excluding hydrogens is 378 g/mol. The van der Waals surface area contributed by atoms with E-state index in [4.69, 9.17) is 9.47 Å². The van der Waals surface area contributed by atoms with Crippen LogP contribution < -0.4 is 14.8 Å². The summed E-state index contributed by atoms with van der Waals surface area (Å²) in [6.45, 7) is 1.98. The number of aromatic nitrogens is 1. The number of rotatable bonds is 6. The number of nitrogens with zero attached hydrogens (tertiary/aromatic N) is 2. The maximum atomic E-state index is 13.2. The van der Waals surface area contributed by atoms with Gasteiger partial charge < -0.3 is 24.3 Å². The first-order valence-electron chi connectivity index (χ1n) is 10.2. The minimum atomic E-state index is -0.230.